The molecule has 0 aliphatic heterocycles. The Morgan fingerprint density at radius 1 is 1.03 bits per heavy atom. The molecule has 166 valence electrons. The Kier molecular flexibility index (Phi) is 5.52. The summed E-state index contributed by atoms with van der Waals surface area (Å²) in [6, 6.07) is 17.4. The number of ether oxygens (including phenoxy) is 1. The summed E-state index contributed by atoms with van der Waals surface area (Å²) in [5.41, 5.74) is 16.3. The molecule has 7 heteroatoms. The van der Waals surface area contributed by atoms with Gasteiger partial charge in [-0.3, -0.25) is 4.79 Å². The van der Waals surface area contributed by atoms with Crippen LogP contribution in [-0.2, 0) is 4.79 Å². The molecule has 2 aromatic carbocycles. The summed E-state index contributed by atoms with van der Waals surface area (Å²) in [5.74, 6) is 1.71. The first-order chi connectivity index (χ1) is 16.1. The Bertz CT molecular complexity index is 1320. The van der Waals surface area contributed by atoms with Crippen LogP contribution in [0.25, 0.3) is 22.7 Å². The van der Waals surface area contributed by atoms with E-state index in [9.17, 15) is 4.79 Å². The first kappa shape index (κ1) is 20.8. The van der Waals surface area contributed by atoms with Gasteiger partial charge in [-0.05, 0) is 48.7 Å². The van der Waals surface area contributed by atoms with Gasteiger partial charge in [0.15, 0.2) is 5.82 Å². The van der Waals surface area contributed by atoms with E-state index in [1.54, 1.807) is 6.08 Å². The number of carbonyl (C=O) groups excluding carboxylic acids is 1. The van der Waals surface area contributed by atoms with Crippen molar-refractivity contribution >= 4 is 23.3 Å². The van der Waals surface area contributed by atoms with Crippen LogP contribution in [0.15, 0.2) is 67.0 Å². The van der Waals surface area contributed by atoms with Gasteiger partial charge in [0.1, 0.15) is 23.3 Å². The third-order valence-electron chi connectivity index (χ3n) is 6.11. The Balaban J connectivity index is 1.66. The standard InChI is InChI=1S/C26H25N5O2/c27-22(32)15-14-21-23(17-10-12-20(13-11-17)33-19-8-2-1-3-9-19)25-26(28)29-16-30-31(25)24(21)18-6-4-5-7-18/h1-3,8-16,18H,4-7H2,(H2,27,32)(H2,28,29,30)/b15-14+. The van der Waals surface area contributed by atoms with Gasteiger partial charge in [-0.15, -0.1) is 0 Å². The van der Waals surface area contributed by atoms with Crippen molar-refractivity contribution in [2.24, 2.45) is 5.73 Å². The maximum Gasteiger partial charge on any atom is 0.241 e. The highest BCUT2D eigenvalue weighted by molar-refractivity contribution is 5.98. The van der Waals surface area contributed by atoms with Crippen molar-refractivity contribution in [1.29, 1.82) is 0 Å². The number of benzene rings is 2. The molecule has 5 rings (SSSR count). The molecule has 1 fully saturated rings. The first-order valence-corrected chi connectivity index (χ1v) is 11.1. The lowest BCUT2D eigenvalue weighted by Gasteiger charge is -2.11. The lowest BCUT2D eigenvalue weighted by molar-refractivity contribution is -0.113. The predicted octanol–water partition coefficient (Wildman–Crippen LogP) is 4.93. The molecular weight excluding hydrogens is 414 g/mol. The monoisotopic (exact) mass is 439 g/mol. The van der Waals surface area contributed by atoms with Gasteiger partial charge < -0.3 is 16.2 Å². The Labute approximate surface area is 191 Å². The van der Waals surface area contributed by atoms with E-state index in [4.69, 9.17) is 16.2 Å². The highest BCUT2D eigenvalue weighted by Crippen LogP contribution is 2.44. The normalized spacial score (nSPS) is 14.3. The van der Waals surface area contributed by atoms with E-state index < -0.39 is 5.91 Å². The lowest BCUT2D eigenvalue weighted by atomic mass is 9.94. The molecule has 1 amide bonds. The second-order valence-corrected chi connectivity index (χ2v) is 8.24. The van der Waals surface area contributed by atoms with E-state index in [1.165, 1.54) is 12.4 Å². The third kappa shape index (κ3) is 4.05. The number of primary amides is 1. The van der Waals surface area contributed by atoms with Crippen LogP contribution in [0.2, 0.25) is 0 Å². The van der Waals surface area contributed by atoms with Crippen LogP contribution in [0.5, 0.6) is 11.5 Å². The number of fused-ring (bicyclic) bond motifs is 1. The number of hydrogen-bond donors (Lipinski definition) is 2. The zero-order valence-corrected chi connectivity index (χ0v) is 18.1. The summed E-state index contributed by atoms with van der Waals surface area (Å²) in [5, 5.41) is 4.54. The molecule has 0 saturated heterocycles. The number of nitrogen functional groups attached to an aromatic ring is 1. The molecule has 2 aromatic heterocycles. The number of hydrogen-bond acceptors (Lipinski definition) is 5. The molecule has 4 aromatic rings. The molecule has 0 atom stereocenters. The Hall–Kier alpha value is -4.13. The van der Waals surface area contributed by atoms with Crippen LogP contribution in [0.3, 0.4) is 0 Å². The van der Waals surface area contributed by atoms with Crippen LogP contribution in [-0.4, -0.2) is 20.5 Å². The average Bonchev–Trinajstić information content (AvgIpc) is 3.45. The maximum absolute atomic E-state index is 11.6. The number of aromatic nitrogens is 3. The van der Waals surface area contributed by atoms with E-state index in [0.717, 1.165) is 65.1 Å². The third-order valence-corrected chi connectivity index (χ3v) is 6.11. The van der Waals surface area contributed by atoms with Crippen molar-refractivity contribution in [3.63, 3.8) is 0 Å². The summed E-state index contributed by atoms with van der Waals surface area (Å²) in [7, 11) is 0. The van der Waals surface area contributed by atoms with Crippen molar-refractivity contribution in [2.75, 3.05) is 5.73 Å². The predicted molar refractivity (Wildman–Crippen MR) is 129 cm³/mol. The van der Waals surface area contributed by atoms with Crippen LogP contribution < -0.4 is 16.2 Å². The lowest BCUT2D eigenvalue weighted by Crippen LogP contribution is -2.06. The van der Waals surface area contributed by atoms with E-state index in [2.05, 4.69) is 10.1 Å². The van der Waals surface area contributed by atoms with Crippen molar-refractivity contribution in [2.45, 2.75) is 31.6 Å². The molecular formula is C26H25N5O2. The zero-order valence-electron chi connectivity index (χ0n) is 18.1. The van der Waals surface area contributed by atoms with Crippen LogP contribution in [0.1, 0.15) is 42.9 Å². The number of nitrogens with zero attached hydrogens (tertiary/aromatic N) is 3. The van der Waals surface area contributed by atoms with Gasteiger partial charge in [0.25, 0.3) is 0 Å². The van der Waals surface area contributed by atoms with Gasteiger partial charge in [-0.1, -0.05) is 43.2 Å². The van der Waals surface area contributed by atoms with Gasteiger partial charge in [0.05, 0.1) is 5.69 Å². The van der Waals surface area contributed by atoms with E-state index in [0.29, 0.717) is 11.7 Å². The number of carbonyl (C=O) groups is 1. The molecule has 1 aliphatic rings. The Morgan fingerprint density at radius 2 is 1.73 bits per heavy atom. The van der Waals surface area contributed by atoms with Gasteiger partial charge in [-0.2, -0.15) is 5.10 Å². The van der Waals surface area contributed by atoms with Crippen LogP contribution >= 0.6 is 0 Å². The number of para-hydroxylation sites is 1. The largest absolute Gasteiger partial charge is 0.457 e. The molecule has 0 radical (unpaired) electrons. The molecule has 2 heterocycles. The van der Waals surface area contributed by atoms with Crippen LogP contribution in [0, 0.1) is 0 Å². The smallest absolute Gasteiger partial charge is 0.241 e. The van der Waals surface area contributed by atoms with Crippen LogP contribution in [0.4, 0.5) is 5.82 Å². The second-order valence-electron chi connectivity index (χ2n) is 8.24. The van der Waals surface area contributed by atoms with Gasteiger partial charge >= 0.3 is 0 Å². The summed E-state index contributed by atoms with van der Waals surface area (Å²) in [6.45, 7) is 0. The topological polar surface area (TPSA) is 109 Å². The average molecular weight is 440 g/mol. The summed E-state index contributed by atoms with van der Waals surface area (Å²) >= 11 is 0. The fourth-order valence-electron chi connectivity index (χ4n) is 4.69. The van der Waals surface area contributed by atoms with Crippen molar-refractivity contribution < 1.29 is 9.53 Å². The molecule has 0 spiro atoms. The number of rotatable bonds is 6. The minimum atomic E-state index is -0.501. The van der Waals surface area contributed by atoms with Gasteiger partial charge in [-0.25, -0.2) is 9.50 Å². The second kappa shape index (κ2) is 8.78. The molecule has 1 saturated carbocycles. The summed E-state index contributed by atoms with van der Waals surface area (Å²) in [6.07, 6.45) is 9.12. The van der Waals surface area contributed by atoms with E-state index in [-0.39, 0.29) is 0 Å². The molecule has 0 unspecified atom stereocenters. The quantitative estimate of drug-likeness (QED) is 0.414. The number of anilines is 1. The fraction of sp³-hybridized carbons (Fsp3) is 0.192. The maximum atomic E-state index is 11.6. The minimum Gasteiger partial charge on any atom is -0.457 e. The van der Waals surface area contributed by atoms with E-state index >= 15 is 0 Å². The highest BCUT2D eigenvalue weighted by Gasteiger charge is 2.28. The van der Waals surface area contributed by atoms with Crippen molar-refractivity contribution in [1.82, 2.24) is 14.6 Å². The van der Waals surface area contributed by atoms with Crippen molar-refractivity contribution in [3.05, 3.63) is 78.3 Å². The molecule has 7 nitrogen and oxygen atoms in total. The number of nitrogens with two attached hydrogens (primary N) is 2. The Morgan fingerprint density at radius 3 is 2.42 bits per heavy atom. The molecule has 33 heavy (non-hydrogen) atoms. The summed E-state index contributed by atoms with van der Waals surface area (Å²) < 4.78 is 7.84. The number of amides is 1. The van der Waals surface area contributed by atoms with Crippen molar-refractivity contribution in [3.8, 4) is 22.6 Å². The molecule has 0 bridgehead atoms. The van der Waals surface area contributed by atoms with E-state index in [1.807, 2.05) is 59.1 Å². The SMILES string of the molecule is NC(=O)/C=C/c1c(-c2ccc(Oc3ccccc3)cc2)c2c(N)ncnn2c1C1CCCC1. The van der Waals surface area contributed by atoms with Gasteiger partial charge in [0.2, 0.25) is 5.91 Å². The summed E-state index contributed by atoms with van der Waals surface area (Å²) in [4.78, 5) is 15.9. The molecule has 4 N–H and O–H groups in total. The fourth-order valence-corrected chi connectivity index (χ4v) is 4.69. The highest BCUT2D eigenvalue weighted by atomic mass is 16.5. The first-order valence-electron chi connectivity index (χ1n) is 11.1. The zero-order chi connectivity index (χ0) is 22.8. The van der Waals surface area contributed by atoms with Gasteiger partial charge in [0, 0.05) is 23.1 Å². The minimum absolute atomic E-state index is 0.328. The molecule has 1 aliphatic carbocycles.